The van der Waals surface area contributed by atoms with Gasteiger partial charge < -0.3 is 19.3 Å². The van der Waals surface area contributed by atoms with Crippen LogP contribution in [0.4, 0.5) is 0 Å². The third-order valence-electron chi connectivity index (χ3n) is 3.73. The lowest BCUT2D eigenvalue weighted by atomic mass is 9.90. The predicted octanol–water partition coefficient (Wildman–Crippen LogP) is 3.12. The summed E-state index contributed by atoms with van der Waals surface area (Å²) >= 11 is 0. The Morgan fingerprint density at radius 1 is 1.00 bits per heavy atom. The van der Waals surface area contributed by atoms with Gasteiger partial charge in [0.2, 0.25) is 0 Å². The summed E-state index contributed by atoms with van der Waals surface area (Å²) in [6, 6.07) is 12.5. The lowest BCUT2D eigenvalue weighted by molar-refractivity contribution is -0.138. The molecule has 0 amide bonds. The van der Waals surface area contributed by atoms with Crippen molar-refractivity contribution in [3.63, 3.8) is 0 Å². The van der Waals surface area contributed by atoms with Crippen LogP contribution >= 0.6 is 0 Å². The molecule has 2 aromatic carbocycles. The van der Waals surface area contributed by atoms with Gasteiger partial charge in [-0.25, -0.2) is 0 Å². The number of carboxylic acids is 1. The molecule has 0 aliphatic rings. The number of ether oxygens (including phenoxy) is 3. The summed E-state index contributed by atoms with van der Waals surface area (Å²) in [4.78, 5) is 11.8. The van der Waals surface area contributed by atoms with Gasteiger partial charge in [0.1, 0.15) is 17.2 Å². The molecular weight excluding hydrogens is 296 g/mol. The van der Waals surface area contributed by atoms with Crippen molar-refractivity contribution in [2.45, 2.75) is 12.3 Å². The molecule has 0 aliphatic carbocycles. The SMILES string of the molecule is COc1ccc(OC)c(C(Cc2ccccc2OC)C(=O)O)c1. The van der Waals surface area contributed by atoms with Gasteiger partial charge in [-0.1, -0.05) is 18.2 Å². The Bertz CT molecular complexity index is 681. The maximum atomic E-state index is 11.8. The van der Waals surface area contributed by atoms with Gasteiger partial charge in [0.15, 0.2) is 0 Å². The number of para-hydroxylation sites is 1. The molecule has 1 unspecified atom stereocenters. The molecule has 1 atom stereocenters. The Morgan fingerprint density at radius 2 is 1.70 bits per heavy atom. The van der Waals surface area contributed by atoms with Crippen LogP contribution in [0.5, 0.6) is 17.2 Å². The zero-order valence-corrected chi connectivity index (χ0v) is 13.4. The predicted molar refractivity (Wildman–Crippen MR) is 86.6 cm³/mol. The van der Waals surface area contributed by atoms with Crippen LogP contribution < -0.4 is 14.2 Å². The van der Waals surface area contributed by atoms with E-state index in [2.05, 4.69) is 0 Å². The summed E-state index contributed by atoms with van der Waals surface area (Å²) in [5.74, 6) is 0.0830. The summed E-state index contributed by atoms with van der Waals surface area (Å²) in [6.07, 6.45) is 0.295. The summed E-state index contributed by atoms with van der Waals surface area (Å²) in [5, 5.41) is 9.70. The van der Waals surface area contributed by atoms with E-state index in [-0.39, 0.29) is 0 Å². The highest BCUT2D eigenvalue weighted by molar-refractivity contribution is 5.78. The van der Waals surface area contributed by atoms with Crippen molar-refractivity contribution in [2.24, 2.45) is 0 Å². The lowest BCUT2D eigenvalue weighted by Gasteiger charge is -2.18. The first-order valence-electron chi connectivity index (χ1n) is 7.17. The zero-order valence-electron chi connectivity index (χ0n) is 13.4. The average molecular weight is 316 g/mol. The van der Waals surface area contributed by atoms with E-state index in [1.54, 1.807) is 32.4 Å². The van der Waals surface area contributed by atoms with Crippen molar-refractivity contribution in [3.05, 3.63) is 53.6 Å². The Morgan fingerprint density at radius 3 is 2.30 bits per heavy atom. The van der Waals surface area contributed by atoms with E-state index in [0.717, 1.165) is 5.56 Å². The molecule has 0 aromatic heterocycles. The standard InChI is InChI=1S/C18H20O5/c1-21-13-8-9-17(23-3)14(11-13)15(18(19)20)10-12-6-4-5-7-16(12)22-2/h4-9,11,15H,10H2,1-3H3,(H,19,20). The fourth-order valence-electron chi connectivity index (χ4n) is 2.53. The van der Waals surface area contributed by atoms with E-state index in [1.165, 1.54) is 7.11 Å². The first-order valence-corrected chi connectivity index (χ1v) is 7.17. The van der Waals surface area contributed by atoms with Gasteiger partial charge in [0.25, 0.3) is 0 Å². The van der Waals surface area contributed by atoms with Gasteiger partial charge in [-0.05, 0) is 36.2 Å². The van der Waals surface area contributed by atoms with Crippen LogP contribution in [0.25, 0.3) is 0 Å². The highest BCUT2D eigenvalue weighted by Crippen LogP contribution is 2.34. The Balaban J connectivity index is 2.45. The van der Waals surface area contributed by atoms with Gasteiger partial charge in [-0.3, -0.25) is 4.79 Å². The van der Waals surface area contributed by atoms with E-state index in [9.17, 15) is 9.90 Å². The van der Waals surface area contributed by atoms with E-state index < -0.39 is 11.9 Å². The van der Waals surface area contributed by atoms with Gasteiger partial charge in [0.05, 0.1) is 27.2 Å². The molecule has 0 aliphatic heterocycles. The average Bonchev–Trinajstić information content (AvgIpc) is 2.59. The highest BCUT2D eigenvalue weighted by Gasteiger charge is 2.25. The Kier molecular flexibility index (Phi) is 5.46. The molecule has 2 rings (SSSR count). The maximum absolute atomic E-state index is 11.8. The molecule has 0 bridgehead atoms. The number of hydrogen-bond donors (Lipinski definition) is 1. The molecule has 0 radical (unpaired) electrons. The molecule has 2 aromatic rings. The molecule has 0 saturated carbocycles. The fourth-order valence-corrected chi connectivity index (χ4v) is 2.53. The van der Waals surface area contributed by atoms with Crippen LogP contribution in [0.1, 0.15) is 17.0 Å². The maximum Gasteiger partial charge on any atom is 0.311 e. The normalized spacial score (nSPS) is 11.6. The monoisotopic (exact) mass is 316 g/mol. The Labute approximate surface area is 135 Å². The second-order valence-electron chi connectivity index (χ2n) is 5.01. The van der Waals surface area contributed by atoms with E-state index >= 15 is 0 Å². The number of aliphatic carboxylic acids is 1. The molecular formula is C18H20O5. The largest absolute Gasteiger partial charge is 0.497 e. The molecule has 5 heteroatoms. The second kappa shape index (κ2) is 7.54. The van der Waals surface area contributed by atoms with Crippen molar-refractivity contribution < 1.29 is 24.1 Å². The number of methoxy groups -OCH3 is 3. The molecule has 5 nitrogen and oxygen atoms in total. The molecule has 1 N–H and O–H groups in total. The quantitative estimate of drug-likeness (QED) is 0.850. The van der Waals surface area contributed by atoms with E-state index in [1.807, 2.05) is 24.3 Å². The fraction of sp³-hybridized carbons (Fsp3) is 0.278. The van der Waals surface area contributed by atoms with Crippen LogP contribution in [-0.4, -0.2) is 32.4 Å². The van der Waals surface area contributed by atoms with Crippen molar-refractivity contribution >= 4 is 5.97 Å². The van der Waals surface area contributed by atoms with Crippen molar-refractivity contribution in [2.75, 3.05) is 21.3 Å². The first kappa shape index (κ1) is 16.7. The van der Waals surface area contributed by atoms with Crippen LogP contribution in [0.15, 0.2) is 42.5 Å². The van der Waals surface area contributed by atoms with Crippen molar-refractivity contribution in [1.29, 1.82) is 0 Å². The van der Waals surface area contributed by atoms with Crippen molar-refractivity contribution in [1.82, 2.24) is 0 Å². The highest BCUT2D eigenvalue weighted by atomic mass is 16.5. The van der Waals surface area contributed by atoms with Crippen LogP contribution in [-0.2, 0) is 11.2 Å². The number of rotatable bonds is 7. The number of carboxylic acid groups (broad SMARTS) is 1. The first-order chi connectivity index (χ1) is 11.1. The van der Waals surface area contributed by atoms with Crippen LogP contribution in [0, 0.1) is 0 Å². The summed E-state index contributed by atoms with van der Waals surface area (Å²) < 4.78 is 15.8. The summed E-state index contributed by atoms with van der Waals surface area (Å²) in [5.41, 5.74) is 1.40. The molecule has 0 heterocycles. The zero-order chi connectivity index (χ0) is 16.8. The van der Waals surface area contributed by atoms with Crippen LogP contribution in [0.3, 0.4) is 0 Å². The van der Waals surface area contributed by atoms with Crippen molar-refractivity contribution in [3.8, 4) is 17.2 Å². The molecule has 122 valence electrons. The minimum absolute atomic E-state index is 0.295. The second-order valence-corrected chi connectivity index (χ2v) is 5.01. The molecule has 0 spiro atoms. The van der Waals surface area contributed by atoms with Gasteiger partial charge in [-0.2, -0.15) is 0 Å². The van der Waals surface area contributed by atoms with Gasteiger partial charge >= 0.3 is 5.97 Å². The summed E-state index contributed by atoms with van der Waals surface area (Å²) in [6.45, 7) is 0. The third-order valence-corrected chi connectivity index (χ3v) is 3.73. The van der Waals surface area contributed by atoms with E-state index in [4.69, 9.17) is 14.2 Å². The minimum atomic E-state index is -0.928. The molecule has 0 saturated heterocycles. The van der Waals surface area contributed by atoms with Crippen LogP contribution in [0.2, 0.25) is 0 Å². The summed E-state index contributed by atoms with van der Waals surface area (Å²) in [7, 11) is 4.63. The molecule has 23 heavy (non-hydrogen) atoms. The minimum Gasteiger partial charge on any atom is -0.497 e. The smallest absolute Gasteiger partial charge is 0.311 e. The lowest BCUT2D eigenvalue weighted by Crippen LogP contribution is -2.16. The number of carbonyl (C=O) groups is 1. The van der Waals surface area contributed by atoms with Gasteiger partial charge in [0, 0.05) is 5.56 Å². The number of hydrogen-bond acceptors (Lipinski definition) is 4. The third kappa shape index (κ3) is 3.74. The topological polar surface area (TPSA) is 65.0 Å². The molecule has 0 fully saturated rings. The Hall–Kier alpha value is -2.69. The van der Waals surface area contributed by atoms with Gasteiger partial charge in [-0.15, -0.1) is 0 Å². The van der Waals surface area contributed by atoms with E-state index in [0.29, 0.717) is 29.2 Å². The number of benzene rings is 2.